The van der Waals surface area contributed by atoms with Crippen molar-refractivity contribution in [1.29, 1.82) is 0 Å². The first-order chi connectivity index (χ1) is 9.19. The molecule has 19 heavy (non-hydrogen) atoms. The van der Waals surface area contributed by atoms with E-state index in [0.717, 1.165) is 44.1 Å². The quantitative estimate of drug-likeness (QED) is 0.855. The van der Waals surface area contributed by atoms with Gasteiger partial charge in [0.15, 0.2) is 0 Å². The van der Waals surface area contributed by atoms with Gasteiger partial charge < -0.3 is 10.6 Å². The van der Waals surface area contributed by atoms with Crippen molar-refractivity contribution in [2.24, 2.45) is 5.73 Å². The van der Waals surface area contributed by atoms with E-state index < -0.39 is 0 Å². The highest BCUT2D eigenvalue weighted by atomic mass is 15.3. The Balaban J connectivity index is 1.89. The van der Waals surface area contributed by atoms with Gasteiger partial charge in [-0.2, -0.15) is 0 Å². The first-order valence-corrected chi connectivity index (χ1v) is 7.23. The molecule has 1 aliphatic rings. The van der Waals surface area contributed by atoms with Crippen LogP contribution in [0.25, 0.3) is 0 Å². The summed E-state index contributed by atoms with van der Waals surface area (Å²) in [4.78, 5) is 13.7. The number of piperazine rings is 1. The SMILES string of the molecule is CCCN1CCN(c2ncc(CC(C)N)cn2)CC1. The van der Waals surface area contributed by atoms with Crippen LogP contribution >= 0.6 is 0 Å². The fourth-order valence-electron chi connectivity index (χ4n) is 2.48. The average Bonchev–Trinajstić information content (AvgIpc) is 2.40. The number of hydrogen-bond donors (Lipinski definition) is 1. The summed E-state index contributed by atoms with van der Waals surface area (Å²) in [6.07, 6.45) is 5.88. The van der Waals surface area contributed by atoms with E-state index >= 15 is 0 Å². The molecule has 1 atom stereocenters. The molecule has 1 unspecified atom stereocenters. The van der Waals surface area contributed by atoms with Crippen LogP contribution in [0, 0.1) is 0 Å². The fraction of sp³-hybridized carbons (Fsp3) is 0.714. The Hall–Kier alpha value is -1.20. The summed E-state index contributed by atoms with van der Waals surface area (Å²) >= 11 is 0. The van der Waals surface area contributed by atoms with Gasteiger partial charge >= 0.3 is 0 Å². The maximum Gasteiger partial charge on any atom is 0.225 e. The largest absolute Gasteiger partial charge is 0.338 e. The zero-order chi connectivity index (χ0) is 13.7. The highest BCUT2D eigenvalue weighted by Gasteiger charge is 2.18. The lowest BCUT2D eigenvalue weighted by molar-refractivity contribution is 0.257. The molecule has 0 aromatic carbocycles. The maximum atomic E-state index is 5.78. The lowest BCUT2D eigenvalue weighted by Crippen LogP contribution is -2.47. The molecule has 0 radical (unpaired) electrons. The smallest absolute Gasteiger partial charge is 0.225 e. The molecule has 0 spiro atoms. The third kappa shape index (κ3) is 4.14. The van der Waals surface area contributed by atoms with Crippen LogP contribution in [0.5, 0.6) is 0 Å². The van der Waals surface area contributed by atoms with Gasteiger partial charge in [0.2, 0.25) is 5.95 Å². The first kappa shape index (κ1) is 14.2. The van der Waals surface area contributed by atoms with Crippen molar-refractivity contribution >= 4 is 5.95 Å². The number of rotatable bonds is 5. The van der Waals surface area contributed by atoms with Crippen LogP contribution in [-0.2, 0) is 6.42 Å². The normalized spacial score (nSPS) is 18.6. The Kier molecular flexibility index (Phi) is 5.10. The molecule has 0 amide bonds. The number of anilines is 1. The summed E-state index contributed by atoms with van der Waals surface area (Å²) in [5.41, 5.74) is 6.89. The van der Waals surface area contributed by atoms with Gasteiger partial charge in [0, 0.05) is 44.6 Å². The van der Waals surface area contributed by atoms with Crippen LogP contribution in [0.3, 0.4) is 0 Å². The van der Waals surface area contributed by atoms with Crippen molar-refractivity contribution in [1.82, 2.24) is 14.9 Å². The van der Waals surface area contributed by atoms with Gasteiger partial charge in [-0.3, -0.25) is 4.90 Å². The van der Waals surface area contributed by atoms with Crippen molar-refractivity contribution in [3.63, 3.8) is 0 Å². The van der Waals surface area contributed by atoms with Crippen LogP contribution < -0.4 is 10.6 Å². The van der Waals surface area contributed by atoms with Gasteiger partial charge in [-0.25, -0.2) is 9.97 Å². The second kappa shape index (κ2) is 6.82. The minimum absolute atomic E-state index is 0.159. The number of hydrogen-bond acceptors (Lipinski definition) is 5. The van der Waals surface area contributed by atoms with Crippen molar-refractivity contribution in [3.05, 3.63) is 18.0 Å². The van der Waals surface area contributed by atoms with E-state index in [1.807, 2.05) is 19.3 Å². The van der Waals surface area contributed by atoms with Crippen LogP contribution in [0.4, 0.5) is 5.95 Å². The topological polar surface area (TPSA) is 58.3 Å². The Bertz CT molecular complexity index is 368. The number of aromatic nitrogens is 2. The average molecular weight is 263 g/mol. The van der Waals surface area contributed by atoms with Crippen molar-refractivity contribution in [2.75, 3.05) is 37.6 Å². The van der Waals surface area contributed by atoms with E-state index in [2.05, 4.69) is 26.7 Å². The fourth-order valence-corrected chi connectivity index (χ4v) is 2.48. The number of nitrogens with two attached hydrogens (primary N) is 1. The molecular formula is C14H25N5. The monoisotopic (exact) mass is 263 g/mol. The molecule has 2 heterocycles. The lowest BCUT2D eigenvalue weighted by atomic mass is 10.1. The second-order valence-corrected chi connectivity index (χ2v) is 5.40. The molecule has 1 aromatic heterocycles. The molecule has 106 valence electrons. The molecule has 2 rings (SSSR count). The first-order valence-electron chi connectivity index (χ1n) is 7.23. The molecule has 1 saturated heterocycles. The molecule has 5 nitrogen and oxygen atoms in total. The summed E-state index contributed by atoms with van der Waals surface area (Å²) in [5, 5.41) is 0. The third-order valence-corrected chi connectivity index (χ3v) is 3.44. The Morgan fingerprint density at radius 1 is 1.21 bits per heavy atom. The van der Waals surface area contributed by atoms with Crippen molar-refractivity contribution in [2.45, 2.75) is 32.7 Å². The Labute approximate surface area is 115 Å². The Morgan fingerprint density at radius 3 is 2.37 bits per heavy atom. The van der Waals surface area contributed by atoms with Gasteiger partial charge in [0.25, 0.3) is 0 Å². The predicted molar refractivity (Wildman–Crippen MR) is 78.3 cm³/mol. The summed E-state index contributed by atoms with van der Waals surface area (Å²) in [6, 6.07) is 0.159. The van der Waals surface area contributed by atoms with E-state index in [1.54, 1.807) is 0 Å². The van der Waals surface area contributed by atoms with Crippen molar-refractivity contribution in [3.8, 4) is 0 Å². The molecule has 0 bridgehead atoms. The second-order valence-electron chi connectivity index (χ2n) is 5.40. The van der Waals surface area contributed by atoms with Gasteiger partial charge in [-0.15, -0.1) is 0 Å². The summed E-state index contributed by atoms with van der Waals surface area (Å²) in [7, 11) is 0. The Morgan fingerprint density at radius 2 is 1.84 bits per heavy atom. The van der Waals surface area contributed by atoms with E-state index in [-0.39, 0.29) is 6.04 Å². The van der Waals surface area contributed by atoms with E-state index in [0.29, 0.717) is 0 Å². The molecular weight excluding hydrogens is 238 g/mol. The summed E-state index contributed by atoms with van der Waals surface area (Å²) in [5.74, 6) is 0.851. The molecule has 0 aliphatic carbocycles. The molecule has 5 heteroatoms. The predicted octanol–water partition coefficient (Wildman–Crippen LogP) is 0.898. The van der Waals surface area contributed by atoms with Crippen LogP contribution in [-0.4, -0.2) is 53.6 Å². The number of nitrogens with zero attached hydrogens (tertiary/aromatic N) is 4. The third-order valence-electron chi connectivity index (χ3n) is 3.44. The molecule has 2 N–H and O–H groups in total. The van der Waals surface area contributed by atoms with Gasteiger partial charge in [0.1, 0.15) is 0 Å². The van der Waals surface area contributed by atoms with Gasteiger partial charge in [0.05, 0.1) is 0 Å². The standard InChI is InChI=1S/C14H25N5/c1-3-4-18-5-7-19(8-6-18)14-16-10-13(11-17-14)9-12(2)15/h10-12H,3-9,15H2,1-2H3. The van der Waals surface area contributed by atoms with Crippen LogP contribution in [0.1, 0.15) is 25.8 Å². The zero-order valence-corrected chi connectivity index (χ0v) is 12.0. The molecule has 0 saturated carbocycles. The van der Waals surface area contributed by atoms with Gasteiger partial charge in [-0.1, -0.05) is 6.92 Å². The zero-order valence-electron chi connectivity index (χ0n) is 12.0. The van der Waals surface area contributed by atoms with E-state index in [9.17, 15) is 0 Å². The lowest BCUT2D eigenvalue weighted by Gasteiger charge is -2.34. The minimum Gasteiger partial charge on any atom is -0.338 e. The van der Waals surface area contributed by atoms with Gasteiger partial charge in [-0.05, 0) is 31.9 Å². The summed E-state index contributed by atoms with van der Waals surface area (Å²) < 4.78 is 0. The van der Waals surface area contributed by atoms with Crippen molar-refractivity contribution < 1.29 is 0 Å². The van der Waals surface area contributed by atoms with E-state index in [4.69, 9.17) is 5.73 Å². The van der Waals surface area contributed by atoms with Crippen LogP contribution in [0.15, 0.2) is 12.4 Å². The minimum atomic E-state index is 0.159. The maximum absolute atomic E-state index is 5.78. The molecule has 1 aromatic rings. The highest BCUT2D eigenvalue weighted by molar-refractivity contribution is 5.30. The molecule has 1 fully saturated rings. The van der Waals surface area contributed by atoms with E-state index in [1.165, 1.54) is 13.0 Å². The van der Waals surface area contributed by atoms with Crippen LogP contribution in [0.2, 0.25) is 0 Å². The summed E-state index contributed by atoms with van der Waals surface area (Å²) in [6.45, 7) is 9.69. The molecule has 1 aliphatic heterocycles. The highest BCUT2D eigenvalue weighted by Crippen LogP contribution is 2.11.